The van der Waals surface area contributed by atoms with E-state index in [9.17, 15) is 9.59 Å². The summed E-state index contributed by atoms with van der Waals surface area (Å²) < 4.78 is 12.9. The van der Waals surface area contributed by atoms with Crippen molar-refractivity contribution in [2.75, 3.05) is 6.79 Å². The highest BCUT2D eigenvalue weighted by Crippen LogP contribution is 2.35. The minimum Gasteiger partial charge on any atom is -0.454 e. The molecule has 0 saturated carbocycles. The Balaban J connectivity index is 1.72. The van der Waals surface area contributed by atoms with E-state index in [4.69, 9.17) is 9.47 Å². The summed E-state index contributed by atoms with van der Waals surface area (Å²) in [4.78, 5) is 26.4. The standard InChI is InChI=1S/C25H19NO4/c1-16-7-9-17(10-8-16)13-26-14-20(24(27)18-5-3-2-4-6-18)25(28)19-11-22-23(12-21(19)26)30-15-29-22/h2-12,14H,13,15H2,1H3. The van der Waals surface area contributed by atoms with Crippen molar-refractivity contribution in [2.45, 2.75) is 13.5 Å². The van der Waals surface area contributed by atoms with Crippen LogP contribution in [0.2, 0.25) is 0 Å². The number of ether oxygens (including phenoxy) is 2. The summed E-state index contributed by atoms with van der Waals surface area (Å²) in [6.07, 6.45) is 1.65. The number of ketones is 1. The number of aromatic nitrogens is 1. The van der Waals surface area contributed by atoms with Crippen molar-refractivity contribution in [3.8, 4) is 11.5 Å². The summed E-state index contributed by atoms with van der Waals surface area (Å²) >= 11 is 0. The highest BCUT2D eigenvalue weighted by molar-refractivity contribution is 6.10. The number of hydrogen-bond acceptors (Lipinski definition) is 4. The molecule has 0 aliphatic carbocycles. The van der Waals surface area contributed by atoms with Gasteiger partial charge in [0.05, 0.1) is 16.5 Å². The van der Waals surface area contributed by atoms with Gasteiger partial charge in [-0.2, -0.15) is 0 Å². The van der Waals surface area contributed by atoms with Gasteiger partial charge in [0, 0.05) is 24.4 Å². The number of hydrogen-bond donors (Lipinski definition) is 0. The third kappa shape index (κ3) is 3.14. The van der Waals surface area contributed by atoms with Gasteiger partial charge < -0.3 is 14.0 Å². The molecule has 5 nitrogen and oxygen atoms in total. The fourth-order valence-corrected chi connectivity index (χ4v) is 3.71. The highest BCUT2D eigenvalue weighted by Gasteiger charge is 2.21. The maximum atomic E-state index is 13.3. The van der Waals surface area contributed by atoms with Crippen molar-refractivity contribution in [3.05, 3.63) is 105 Å². The maximum Gasteiger partial charge on any atom is 0.231 e. The predicted molar refractivity (Wildman–Crippen MR) is 114 cm³/mol. The van der Waals surface area contributed by atoms with Crippen LogP contribution in [0.3, 0.4) is 0 Å². The molecule has 0 saturated heterocycles. The fourth-order valence-electron chi connectivity index (χ4n) is 3.71. The molecule has 0 radical (unpaired) electrons. The minimum atomic E-state index is -0.308. The van der Waals surface area contributed by atoms with Gasteiger partial charge in [-0.25, -0.2) is 0 Å². The second-order valence-corrected chi connectivity index (χ2v) is 7.40. The summed E-state index contributed by atoms with van der Waals surface area (Å²) in [5.74, 6) is 0.824. The molecule has 0 N–H and O–H groups in total. The van der Waals surface area contributed by atoms with Gasteiger partial charge in [-0.1, -0.05) is 60.2 Å². The SMILES string of the molecule is Cc1ccc(Cn2cc(C(=O)c3ccccc3)c(=O)c3cc4c(cc32)OCO4)cc1. The van der Waals surface area contributed by atoms with Gasteiger partial charge in [0.15, 0.2) is 17.3 Å². The summed E-state index contributed by atoms with van der Waals surface area (Å²) in [5, 5.41) is 0.438. The first-order valence-electron chi connectivity index (χ1n) is 9.72. The lowest BCUT2D eigenvalue weighted by Gasteiger charge is -2.14. The third-order valence-corrected chi connectivity index (χ3v) is 5.33. The van der Waals surface area contributed by atoms with Gasteiger partial charge in [-0.3, -0.25) is 9.59 Å². The minimum absolute atomic E-state index is 0.119. The van der Waals surface area contributed by atoms with Crippen molar-refractivity contribution in [1.29, 1.82) is 0 Å². The summed E-state index contributed by atoms with van der Waals surface area (Å²) in [5.41, 5.74) is 3.26. The van der Waals surface area contributed by atoms with E-state index in [1.807, 2.05) is 47.9 Å². The fraction of sp³-hybridized carbons (Fsp3) is 0.120. The number of nitrogens with zero attached hydrogens (tertiary/aromatic N) is 1. The zero-order valence-electron chi connectivity index (χ0n) is 16.4. The van der Waals surface area contributed by atoms with Crippen LogP contribution in [0, 0.1) is 6.92 Å². The van der Waals surface area contributed by atoms with Crippen molar-refractivity contribution in [3.63, 3.8) is 0 Å². The summed E-state index contributed by atoms with van der Waals surface area (Å²) in [6, 6.07) is 20.5. The molecule has 0 bridgehead atoms. The lowest BCUT2D eigenvalue weighted by molar-refractivity contribution is 0.103. The average Bonchev–Trinajstić information content (AvgIpc) is 3.24. The summed E-state index contributed by atoms with van der Waals surface area (Å²) in [7, 11) is 0. The number of fused-ring (bicyclic) bond motifs is 2. The molecule has 0 amide bonds. The average molecular weight is 397 g/mol. The molecule has 1 aliphatic heterocycles. The Bertz CT molecular complexity index is 1320. The smallest absolute Gasteiger partial charge is 0.231 e. The number of aryl methyl sites for hydroxylation is 1. The molecule has 4 aromatic rings. The number of benzene rings is 3. The van der Waals surface area contributed by atoms with Gasteiger partial charge >= 0.3 is 0 Å². The van der Waals surface area contributed by atoms with Crippen LogP contribution in [-0.2, 0) is 6.54 Å². The Morgan fingerprint density at radius 1 is 0.967 bits per heavy atom. The van der Waals surface area contributed by atoms with Gasteiger partial charge in [0.1, 0.15) is 0 Å². The quantitative estimate of drug-likeness (QED) is 0.481. The first-order valence-corrected chi connectivity index (χ1v) is 9.72. The number of carbonyl (C=O) groups is 1. The first kappa shape index (κ1) is 18.2. The molecule has 0 spiro atoms. The molecule has 5 rings (SSSR count). The Labute approximate surface area is 173 Å². The van der Waals surface area contributed by atoms with E-state index in [-0.39, 0.29) is 23.6 Å². The molecule has 30 heavy (non-hydrogen) atoms. The van der Waals surface area contributed by atoms with E-state index in [0.29, 0.717) is 34.5 Å². The van der Waals surface area contributed by atoms with Crippen molar-refractivity contribution >= 4 is 16.7 Å². The molecule has 2 heterocycles. The lowest BCUT2D eigenvalue weighted by Crippen LogP contribution is -2.20. The molecule has 148 valence electrons. The topological polar surface area (TPSA) is 57.5 Å². The van der Waals surface area contributed by atoms with Gasteiger partial charge in [0.2, 0.25) is 12.2 Å². The van der Waals surface area contributed by atoms with Crippen LogP contribution in [0.4, 0.5) is 0 Å². The summed E-state index contributed by atoms with van der Waals surface area (Å²) in [6.45, 7) is 2.68. The van der Waals surface area contributed by atoms with Crippen LogP contribution in [0.15, 0.2) is 77.7 Å². The second-order valence-electron chi connectivity index (χ2n) is 7.40. The Morgan fingerprint density at radius 2 is 1.67 bits per heavy atom. The van der Waals surface area contributed by atoms with Crippen LogP contribution in [0.25, 0.3) is 10.9 Å². The maximum absolute atomic E-state index is 13.3. The third-order valence-electron chi connectivity index (χ3n) is 5.33. The first-order chi connectivity index (χ1) is 14.6. The Hall–Kier alpha value is -3.86. The number of carbonyl (C=O) groups excluding carboxylic acids is 1. The van der Waals surface area contributed by atoms with Gasteiger partial charge in [0.25, 0.3) is 0 Å². The number of pyridine rings is 1. The lowest BCUT2D eigenvalue weighted by atomic mass is 10.0. The molecule has 0 fully saturated rings. The van der Waals surface area contributed by atoms with E-state index in [1.165, 1.54) is 5.56 Å². The van der Waals surface area contributed by atoms with E-state index in [2.05, 4.69) is 0 Å². The normalized spacial score (nSPS) is 12.3. The molecule has 1 aromatic heterocycles. The van der Waals surface area contributed by atoms with E-state index in [0.717, 1.165) is 5.56 Å². The largest absolute Gasteiger partial charge is 0.454 e. The zero-order chi connectivity index (χ0) is 20.7. The van der Waals surface area contributed by atoms with Crippen molar-refractivity contribution in [1.82, 2.24) is 4.57 Å². The molecule has 3 aromatic carbocycles. The second kappa shape index (κ2) is 7.19. The number of rotatable bonds is 4. The Morgan fingerprint density at radius 3 is 2.40 bits per heavy atom. The van der Waals surface area contributed by atoms with Crippen LogP contribution < -0.4 is 14.9 Å². The highest BCUT2D eigenvalue weighted by atomic mass is 16.7. The van der Waals surface area contributed by atoms with Crippen LogP contribution >= 0.6 is 0 Å². The molecule has 0 unspecified atom stereocenters. The van der Waals surface area contributed by atoms with Gasteiger partial charge in [-0.15, -0.1) is 0 Å². The van der Waals surface area contributed by atoms with Crippen molar-refractivity contribution in [2.24, 2.45) is 0 Å². The van der Waals surface area contributed by atoms with Crippen LogP contribution in [0.5, 0.6) is 11.5 Å². The van der Waals surface area contributed by atoms with E-state index < -0.39 is 0 Å². The molecular weight excluding hydrogens is 378 g/mol. The molecule has 0 atom stereocenters. The van der Waals surface area contributed by atoms with E-state index >= 15 is 0 Å². The van der Waals surface area contributed by atoms with Crippen LogP contribution in [0.1, 0.15) is 27.0 Å². The molecular formula is C25H19NO4. The zero-order valence-corrected chi connectivity index (χ0v) is 16.4. The Kier molecular flexibility index (Phi) is 4.36. The predicted octanol–water partition coefficient (Wildman–Crippen LogP) is 4.32. The van der Waals surface area contributed by atoms with Crippen molar-refractivity contribution < 1.29 is 14.3 Å². The van der Waals surface area contributed by atoms with Crippen LogP contribution in [-0.4, -0.2) is 17.1 Å². The molecule has 1 aliphatic rings. The monoisotopic (exact) mass is 397 g/mol. The van der Waals surface area contributed by atoms with Gasteiger partial charge in [-0.05, 0) is 18.6 Å². The van der Waals surface area contributed by atoms with E-state index in [1.54, 1.807) is 36.5 Å². The molecule has 5 heteroatoms.